The predicted molar refractivity (Wildman–Crippen MR) is 70.6 cm³/mol. The second kappa shape index (κ2) is 5.25. The van der Waals surface area contributed by atoms with Crippen LogP contribution in [-0.4, -0.2) is 46.9 Å². The van der Waals surface area contributed by atoms with Gasteiger partial charge in [-0.3, -0.25) is 4.90 Å². The minimum Gasteiger partial charge on any atom is -0.396 e. The Hall–Kier alpha value is -0.490. The number of fused-ring (bicyclic) bond motifs is 1. The molecule has 2 aliphatic rings. The second-order valence-electron chi connectivity index (χ2n) is 5.33. The maximum absolute atomic E-state index is 9.32. The molecular formula is C13H20N2O2S. The van der Waals surface area contributed by atoms with Gasteiger partial charge in [0.2, 0.25) is 0 Å². The van der Waals surface area contributed by atoms with Crippen molar-refractivity contribution in [1.29, 1.82) is 0 Å². The molecule has 1 saturated heterocycles. The first-order chi connectivity index (χ1) is 8.78. The molecule has 0 spiro atoms. The highest BCUT2D eigenvalue weighted by atomic mass is 32.1. The summed E-state index contributed by atoms with van der Waals surface area (Å²) in [6.07, 6.45) is 2.40. The number of hydrogen-bond donors (Lipinski definition) is 1. The Labute approximate surface area is 112 Å². The Morgan fingerprint density at radius 2 is 2.44 bits per heavy atom. The highest BCUT2D eigenvalue weighted by Gasteiger charge is 2.40. The second-order valence-corrected chi connectivity index (χ2v) is 6.27. The van der Waals surface area contributed by atoms with E-state index in [1.165, 1.54) is 4.88 Å². The van der Waals surface area contributed by atoms with E-state index in [2.05, 4.69) is 16.8 Å². The Morgan fingerprint density at radius 3 is 3.17 bits per heavy atom. The number of aromatic nitrogens is 1. The van der Waals surface area contributed by atoms with Crippen LogP contribution < -0.4 is 0 Å². The summed E-state index contributed by atoms with van der Waals surface area (Å²) >= 11 is 1.74. The van der Waals surface area contributed by atoms with Crippen molar-refractivity contribution in [2.75, 3.05) is 19.8 Å². The number of rotatable bonds is 3. The van der Waals surface area contributed by atoms with E-state index in [9.17, 15) is 5.11 Å². The summed E-state index contributed by atoms with van der Waals surface area (Å²) in [5.41, 5.74) is 3.08. The van der Waals surface area contributed by atoms with Crippen LogP contribution in [0.5, 0.6) is 0 Å². The normalized spacial score (nSPS) is 32.7. The van der Waals surface area contributed by atoms with Crippen LogP contribution in [0.1, 0.15) is 23.4 Å². The fourth-order valence-corrected chi connectivity index (χ4v) is 3.94. The van der Waals surface area contributed by atoms with E-state index in [1.807, 2.05) is 5.51 Å². The molecule has 0 amide bonds. The molecule has 1 N–H and O–H groups in total. The van der Waals surface area contributed by atoms with Crippen molar-refractivity contribution < 1.29 is 9.84 Å². The zero-order chi connectivity index (χ0) is 12.5. The first kappa shape index (κ1) is 12.5. The topological polar surface area (TPSA) is 45.6 Å². The van der Waals surface area contributed by atoms with Crippen LogP contribution in [0.2, 0.25) is 0 Å². The van der Waals surface area contributed by atoms with Crippen LogP contribution >= 0.6 is 11.3 Å². The number of ether oxygens (including phenoxy) is 1. The maximum atomic E-state index is 9.32. The van der Waals surface area contributed by atoms with E-state index in [0.29, 0.717) is 24.7 Å². The summed E-state index contributed by atoms with van der Waals surface area (Å²) in [6, 6.07) is 0.484. The number of hydrogen-bond acceptors (Lipinski definition) is 5. The summed E-state index contributed by atoms with van der Waals surface area (Å²) in [5.74, 6) is 0.420. The third-order valence-electron chi connectivity index (χ3n) is 4.20. The maximum Gasteiger partial charge on any atom is 0.0798 e. The van der Waals surface area contributed by atoms with Gasteiger partial charge in [-0.2, -0.15) is 0 Å². The molecule has 2 fully saturated rings. The quantitative estimate of drug-likeness (QED) is 0.900. The van der Waals surface area contributed by atoms with Crippen LogP contribution in [0.15, 0.2) is 5.51 Å². The molecule has 100 valence electrons. The fraction of sp³-hybridized carbons (Fsp3) is 0.769. The van der Waals surface area contributed by atoms with Crippen molar-refractivity contribution in [3.05, 3.63) is 16.1 Å². The molecule has 0 unspecified atom stereocenters. The molecule has 0 bridgehead atoms. The van der Waals surface area contributed by atoms with Crippen molar-refractivity contribution in [2.45, 2.75) is 38.5 Å². The van der Waals surface area contributed by atoms with Crippen molar-refractivity contribution in [3.63, 3.8) is 0 Å². The summed E-state index contributed by atoms with van der Waals surface area (Å²) in [7, 11) is 0. The molecule has 1 aliphatic heterocycles. The van der Waals surface area contributed by atoms with Gasteiger partial charge in [0.05, 0.1) is 23.9 Å². The summed E-state index contributed by atoms with van der Waals surface area (Å²) in [5, 5.41) is 9.32. The molecule has 5 heteroatoms. The van der Waals surface area contributed by atoms with E-state index in [0.717, 1.165) is 38.2 Å². The van der Waals surface area contributed by atoms with E-state index in [-0.39, 0.29) is 0 Å². The molecule has 0 radical (unpaired) electrons. The number of nitrogens with zero attached hydrogens (tertiary/aromatic N) is 2. The van der Waals surface area contributed by atoms with Crippen LogP contribution in [0.25, 0.3) is 0 Å². The molecule has 1 aromatic rings. The number of aliphatic hydroxyl groups is 1. The first-order valence-electron chi connectivity index (χ1n) is 6.63. The predicted octanol–water partition coefficient (Wildman–Crippen LogP) is 1.42. The molecular weight excluding hydrogens is 248 g/mol. The number of aryl methyl sites for hydroxylation is 1. The van der Waals surface area contributed by atoms with E-state index >= 15 is 0 Å². The Bertz CT molecular complexity index is 409. The molecule has 1 aliphatic carbocycles. The van der Waals surface area contributed by atoms with E-state index in [4.69, 9.17) is 4.74 Å². The molecule has 3 rings (SSSR count). The minimum absolute atomic E-state index is 0.295. The van der Waals surface area contributed by atoms with Gasteiger partial charge in [0, 0.05) is 30.6 Å². The van der Waals surface area contributed by atoms with Gasteiger partial charge < -0.3 is 9.84 Å². The Kier molecular flexibility index (Phi) is 3.66. The van der Waals surface area contributed by atoms with Crippen LogP contribution in [0.4, 0.5) is 0 Å². The van der Waals surface area contributed by atoms with Gasteiger partial charge in [0.25, 0.3) is 0 Å². The standard InChI is InChI=1S/C13H20N2O2S/c1-9-13(18-8-14-9)6-15-2-3-17-12-5-10(7-16)4-11(12)15/h8,10-12,16H,2-7H2,1H3/t10-,11+,12+/m1/s1. The first-order valence-corrected chi connectivity index (χ1v) is 7.51. The van der Waals surface area contributed by atoms with Crippen LogP contribution in [-0.2, 0) is 11.3 Å². The number of thiazole rings is 1. The molecule has 2 heterocycles. The zero-order valence-corrected chi connectivity index (χ0v) is 11.5. The number of morpholine rings is 1. The van der Waals surface area contributed by atoms with Crippen molar-refractivity contribution in [2.24, 2.45) is 5.92 Å². The lowest BCUT2D eigenvalue weighted by Crippen LogP contribution is -2.47. The van der Waals surface area contributed by atoms with Gasteiger partial charge in [-0.25, -0.2) is 4.98 Å². The fourth-order valence-electron chi connectivity index (χ4n) is 3.13. The van der Waals surface area contributed by atoms with Crippen LogP contribution in [0, 0.1) is 12.8 Å². The average molecular weight is 268 g/mol. The lowest BCUT2D eigenvalue weighted by atomic mass is 10.1. The third-order valence-corrected chi connectivity index (χ3v) is 5.12. The van der Waals surface area contributed by atoms with Crippen LogP contribution in [0.3, 0.4) is 0 Å². The minimum atomic E-state index is 0.295. The smallest absolute Gasteiger partial charge is 0.0798 e. The third kappa shape index (κ3) is 2.32. The highest BCUT2D eigenvalue weighted by molar-refractivity contribution is 7.09. The lowest BCUT2D eigenvalue weighted by molar-refractivity contribution is -0.0587. The Balaban J connectivity index is 1.70. The SMILES string of the molecule is Cc1ncsc1CN1CCO[C@H]2C[C@H](CO)C[C@@H]21. The van der Waals surface area contributed by atoms with Gasteiger partial charge in [-0.05, 0) is 25.7 Å². The lowest BCUT2D eigenvalue weighted by Gasteiger charge is -2.37. The summed E-state index contributed by atoms with van der Waals surface area (Å²) in [4.78, 5) is 8.20. The molecule has 3 atom stereocenters. The largest absolute Gasteiger partial charge is 0.396 e. The average Bonchev–Trinajstić information content (AvgIpc) is 2.96. The monoisotopic (exact) mass is 268 g/mol. The highest BCUT2D eigenvalue weighted by Crippen LogP contribution is 2.35. The molecule has 0 aromatic carbocycles. The van der Waals surface area contributed by atoms with Gasteiger partial charge in [-0.1, -0.05) is 0 Å². The zero-order valence-electron chi connectivity index (χ0n) is 10.7. The van der Waals surface area contributed by atoms with E-state index < -0.39 is 0 Å². The molecule has 18 heavy (non-hydrogen) atoms. The van der Waals surface area contributed by atoms with Gasteiger partial charge in [-0.15, -0.1) is 11.3 Å². The molecule has 4 nitrogen and oxygen atoms in total. The van der Waals surface area contributed by atoms with Gasteiger partial charge >= 0.3 is 0 Å². The van der Waals surface area contributed by atoms with Gasteiger partial charge in [0.1, 0.15) is 0 Å². The van der Waals surface area contributed by atoms with Crippen molar-refractivity contribution in [3.8, 4) is 0 Å². The molecule has 1 saturated carbocycles. The van der Waals surface area contributed by atoms with Gasteiger partial charge in [0.15, 0.2) is 0 Å². The van der Waals surface area contributed by atoms with Crippen molar-refractivity contribution in [1.82, 2.24) is 9.88 Å². The number of aliphatic hydroxyl groups excluding tert-OH is 1. The van der Waals surface area contributed by atoms with Crippen molar-refractivity contribution >= 4 is 11.3 Å². The molecule has 1 aromatic heterocycles. The summed E-state index contributed by atoms with van der Waals surface area (Å²) in [6.45, 7) is 5.17. The Morgan fingerprint density at radius 1 is 1.56 bits per heavy atom. The summed E-state index contributed by atoms with van der Waals surface area (Å²) < 4.78 is 5.85. The van der Waals surface area contributed by atoms with E-state index in [1.54, 1.807) is 11.3 Å².